The van der Waals surface area contributed by atoms with Gasteiger partial charge >= 0.3 is 6.61 Å². The largest absolute Gasteiger partial charge is 0.435 e. The lowest BCUT2D eigenvalue weighted by Gasteiger charge is -2.16. The smallest absolute Gasteiger partial charge is 0.387 e. The van der Waals surface area contributed by atoms with Crippen LogP contribution in [0.15, 0.2) is 35.8 Å². The van der Waals surface area contributed by atoms with Gasteiger partial charge in [0.2, 0.25) is 0 Å². The molecule has 0 aliphatic carbocycles. The van der Waals surface area contributed by atoms with Crippen LogP contribution in [-0.4, -0.2) is 18.6 Å². The molecule has 1 N–H and O–H groups in total. The second-order valence-corrected chi connectivity index (χ2v) is 4.90. The number of nitrogens with one attached hydrogen (secondary N) is 1. The predicted molar refractivity (Wildman–Crippen MR) is 70.7 cm³/mol. The van der Waals surface area contributed by atoms with E-state index in [1.165, 1.54) is 6.07 Å². The summed E-state index contributed by atoms with van der Waals surface area (Å²) in [4.78, 5) is 4.23. The first kappa shape index (κ1) is 13.9. The highest BCUT2D eigenvalue weighted by Crippen LogP contribution is 2.24. The molecule has 0 amide bonds. The van der Waals surface area contributed by atoms with E-state index in [9.17, 15) is 8.78 Å². The maximum atomic E-state index is 12.2. The number of nitrogens with zero attached hydrogens (tertiary/aromatic N) is 1. The molecule has 0 saturated carbocycles. The van der Waals surface area contributed by atoms with E-state index in [-0.39, 0.29) is 11.8 Å². The molecule has 1 aromatic heterocycles. The van der Waals surface area contributed by atoms with Crippen molar-refractivity contribution in [1.82, 2.24) is 10.3 Å². The van der Waals surface area contributed by atoms with E-state index in [1.54, 1.807) is 29.7 Å². The van der Waals surface area contributed by atoms with Gasteiger partial charge in [0.25, 0.3) is 0 Å². The third kappa shape index (κ3) is 3.97. The molecule has 1 heterocycles. The molecule has 0 bridgehead atoms. The molecule has 3 nitrogen and oxygen atoms in total. The van der Waals surface area contributed by atoms with Crippen molar-refractivity contribution in [2.75, 3.05) is 7.05 Å². The van der Waals surface area contributed by atoms with Crippen LogP contribution in [0.3, 0.4) is 0 Å². The van der Waals surface area contributed by atoms with Gasteiger partial charge in [-0.1, -0.05) is 12.1 Å². The summed E-state index contributed by atoms with van der Waals surface area (Å²) in [7, 11) is 1.83. The van der Waals surface area contributed by atoms with Crippen LogP contribution in [0.2, 0.25) is 0 Å². The van der Waals surface area contributed by atoms with E-state index in [1.807, 2.05) is 18.5 Å². The monoisotopic (exact) mass is 284 g/mol. The number of hydrogen-bond acceptors (Lipinski definition) is 4. The van der Waals surface area contributed by atoms with Crippen molar-refractivity contribution < 1.29 is 13.5 Å². The zero-order chi connectivity index (χ0) is 13.7. The SMILES string of the molecule is CNC(Cc1nccs1)c1cccc(OC(F)F)c1. The van der Waals surface area contributed by atoms with Gasteiger partial charge in [0, 0.05) is 24.0 Å². The van der Waals surface area contributed by atoms with Crippen LogP contribution < -0.4 is 10.1 Å². The molecule has 102 valence electrons. The summed E-state index contributed by atoms with van der Waals surface area (Å²) in [6, 6.07) is 6.76. The van der Waals surface area contributed by atoms with E-state index in [0.29, 0.717) is 6.42 Å². The van der Waals surface area contributed by atoms with Gasteiger partial charge in [-0.2, -0.15) is 8.78 Å². The predicted octanol–water partition coefficient (Wildman–Crippen LogP) is 3.25. The van der Waals surface area contributed by atoms with Gasteiger partial charge in [0.1, 0.15) is 5.75 Å². The molecule has 6 heteroatoms. The quantitative estimate of drug-likeness (QED) is 0.884. The Kier molecular flexibility index (Phi) is 4.81. The second kappa shape index (κ2) is 6.58. The van der Waals surface area contributed by atoms with Crippen LogP contribution in [-0.2, 0) is 6.42 Å². The zero-order valence-electron chi connectivity index (χ0n) is 10.3. The highest BCUT2D eigenvalue weighted by atomic mass is 32.1. The first-order valence-electron chi connectivity index (χ1n) is 5.79. The molecule has 2 rings (SSSR count). The minimum absolute atomic E-state index is 0.0207. The van der Waals surface area contributed by atoms with Crippen LogP contribution in [0.1, 0.15) is 16.6 Å². The molecule has 19 heavy (non-hydrogen) atoms. The van der Waals surface area contributed by atoms with Crippen molar-refractivity contribution in [3.05, 3.63) is 46.4 Å². The molecule has 0 spiro atoms. The highest BCUT2D eigenvalue weighted by molar-refractivity contribution is 7.09. The number of alkyl halides is 2. The fraction of sp³-hybridized carbons (Fsp3) is 0.308. The first-order chi connectivity index (χ1) is 9.19. The molecule has 0 aliphatic heterocycles. The van der Waals surface area contributed by atoms with Crippen LogP contribution in [0.4, 0.5) is 8.78 Å². The van der Waals surface area contributed by atoms with Crippen molar-refractivity contribution >= 4 is 11.3 Å². The summed E-state index contributed by atoms with van der Waals surface area (Å²) in [5.74, 6) is 0.173. The average molecular weight is 284 g/mol. The van der Waals surface area contributed by atoms with Crippen molar-refractivity contribution in [3.63, 3.8) is 0 Å². The van der Waals surface area contributed by atoms with Crippen LogP contribution in [0.25, 0.3) is 0 Å². The van der Waals surface area contributed by atoms with Crippen LogP contribution >= 0.6 is 11.3 Å². The van der Waals surface area contributed by atoms with E-state index < -0.39 is 6.61 Å². The molecule has 1 atom stereocenters. The Labute approximate surface area is 114 Å². The summed E-state index contributed by atoms with van der Waals surface area (Å²) in [5, 5.41) is 6.08. The lowest BCUT2D eigenvalue weighted by atomic mass is 10.0. The van der Waals surface area contributed by atoms with Gasteiger partial charge in [-0.3, -0.25) is 0 Å². The number of hydrogen-bond donors (Lipinski definition) is 1. The normalized spacial score (nSPS) is 12.6. The Hall–Kier alpha value is -1.53. The van der Waals surface area contributed by atoms with Crippen molar-refractivity contribution in [3.8, 4) is 5.75 Å². The first-order valence-corrected chi connectivity index (χ1v) is 6.67. The summed E-state index contributed by atoms with van der Waals surface area (Å²) in [6.45, 7) is -2.80. The lowest BCUT2D eigenvalue weighted by Crippen LogP contribution is -2.18. The molecule has 0 fully saturated rings. The standard InChI is InChI=1S/C13H14F2N2OS/c1-16-11(8-12-17-5-6-19-12)9-3-2-4-10(7-9)18-13(14)15/h2-7,11,13,16H,8H2,1H3. The van der Waals surface area contributed by atoms with E-state index in [0.717, 1.165) is 10.6 Å². The number of benzene rings is 1. The summed E-state index contributed by atoms with van der Waals surface area (Å²) in [5.41, 5.74) is 0.899. The van der Waals surface area contributed by atoms with Gasteiger partial charge < -0.3 is 10.1 Å². The topological polar surface area (TPSA) is 34.2 Å². The Morgan fingerprint density at radius 3 is 2.89 bits per heavy atom. The molecule has 2 aromatic rings. The molecule has 1 aromatic carbocycles. The minimum atomic E-state index is -2.80. The van der Waals surface area contributed by atoms with E-state index >= 15 is 0 Å². The highest BCUT2D eigenvalue weighted by Gasteiger charge is 2.13. The minimum Gasteiger partial charge on any atom is -0.435 e. The van der Waals surface area contributed by atoms with Crippen molar-refractivity contribution in [2.45, 2.75) is 19.1 Å². The van der Waals surface area contributed by atoms with Gasteiger partial charge in [0.15, 0.2) is 0 Å². The Morgan fingerprint density at radius 2 is 2.26 bits per heavy atom. The van der Waals surface area contributed by atoms with Crippen LogP contribution in [0.5, 0.6) is 5.75 Å². The zero-order valence-corrected chi connectivity index (χ0v) is 11.2. The number of likely N-dealkylation sites (N-methyl/N-ethyl adjacent to an activating group) is 1. The molecule has 0 saturated heterocycles. The third-order valence-electron chi connectivity index (χ3n) is 2.70. The van der Waals surface area contributed by atoms with Crippen molar-refractivity contribution in [2.24, 2.45) is 0 Å². The second-order valence-electron chi connectivity index (χ2n) is 3.92. The Bertz CT molecular complexity index is 505. The van der Waals surface area contributed by atoms with Crippen molar-refractivity contribution in [1.29, 1.82) is 0 Å². The van der Waals surface area contributed by atoms with E-state index in [4.69, 9.17) is 0 Å². The number of ether oxygens (including phenoxy) is 1. The maximum absolute atomic E-state index is 12.2. The van der Waals surface area contributed by atoms with Gasteiger partial charge in [-0.15, -0.1) is 11.3 Å². The summed E-state index contributed by atoms with van der Waals surface area (Å²) < 4.78 is 28.8. The lowest BCUT2D eigenvalue weighted by molar-refractivity contribution is -0.0499. The fourth-order valence-electron chi connectivity index (χ4n) is 1.82. The van der Waals surface area contributed by atoms with Gasteiger partial charge in [-0.25, -0.2) is 4.98 Å². The third-order valence-corrected chi connectivity index (χ3v) is 3.50. The van der Waals surface area contributed by atoms with E-state index in [2.05, 4.69) is 15.0 Å². The number of rotatable bonds is 6. The molecule has 0 radical (unpaired) electrons. The van der Waals surface area contributed by atoms with Gasteiger partial charge in [0.05, 0.1) is 5.01 Å². The number of halogens is 2. The molecular weight excluding hydrogens is 270 g/mol. The molecule has 0 aliphatic rings. The van der Waals surface area contributed by atoms with Crippen LogP contribution in [0, 0.1) is 0 Å². The maximum Gasteiger partial charge on any atom is 0.387 e. The summed E-state index contributed by atoms with van der Waals surface area (Å²) >= 11 is 1.57. The molecular formula is C13H14F2N2OS. The van der Waals surface area contributed by atoms with Gasteiger partial charge in [-0.05, 0) is 24.7 Å². The molecule has 1 unspecified atom stereocenters. The fourth-order valence-corrected chi connectivity index (χ4v) is 2.49. The number of aromatic nitrogens is 1. The Morgan fingerprint density at radius 1 is 1.42 bits per heavy atom. The summed E-state index contributed by atoms with van der Waals surface area (Å²) in [6.07, 6.45) is 2.47. The Balaban J connectivity index is 2.13. The average Bonchev–Trinajstić information content (AvgIpc) is 2.88. The number of thiazole rings is 1.